The zero-order valence-corrected chi connectivity index (χ0v) is 13.1. The molecule has 0 atom stereocenters. The fourth-order valence-electron chi connectivity index (χ4n) is 1.48. The van der Waals surface area contributed by atoms with Gasteiger partial charge >= 0.3 is 29.6 Å². The Hall–Kier alpha value is -1.08. The minimum atomic E-state index is -1.19. The van der Waals surface area contributed by atoms with E-state index in [1.165, 1.54) is 6.33 Å². The van der Waals surface area contributed by atoms with Crippen molar-refractivity contribution in [1.82, 2.24) is 9.55 Å². The summed E-state index contributed by atoms with van der Waals surface area (Å²) in [4.78, 5) is 25.5. The molecule has 0 unspecified atom stereocenters. The molecule has 5 nitrogen and oxygen atoms in total. The Kier molecular flexibility index (Phi) is 6.30. The summed E-state index contributed by atoms with van der Waals surface area (Å²) in [6.07, 6.45) is 2.16. The maximum atomic E-state index is 11.1. The van der Waals surface area contributed by atoms with Crippen LogP contribution in [0.3, 0.4) is 0 Å². The van der Waals surface area contributed by atoms with E-state index in [1.807, 2.05) is 30.3 Å². The molecule has 19 heavy (non-hydrogen) atoms. The first-order chi connectivity index (χ1) is 8.72. The van der Waals surface area contributed by atoms with Crippen LogP contribution in [0.2, 0.25) is 0 Å². The predicted octanol–water partition coefficient (Wildman–Crippen LogP) is -2.47. The van der Waals surface area contributed by atoms with Gasteiger partial charge in [0, 0.05) is 11.4 Å². The molecule has 0 radical (unpaired) electrons. The van der Waals surface area contributed by atoms with Crippen molar-refractivity contribution < 1.29 is 44.3 Å². The second-order valence-electron chi connectivity index (χ2n) is 3.42. The number of carbonyl (C=O) groups is 2. The number of nitrogens with zero attached hydrogens (tertiary/aromatic N) is 2. The number of aldehydes is 1. The van der Waals surface area contributed by atoms with Crippen LogP contribution in [-0.2, 0) is 4.79 Å². The molecule has 1 aromatic heterocycles. The summed E-state index contributed by atoms with van der Waals surface area (Å²) in [5.74, 6) is -1.42. The van der Waals surface area contributed by atoms with Crippen molar-refractivity contribution in [2.45, 2.75) is 5.03 Å². The van der Waals surface area contributed by atoms with Crippen LogP contribution in [0.1, 0.15) is 10.5 Å². The smallest absolute Gasteiger partial charge is 0.549 e. The topological polar surface area (TPSA) is 75.0 Å². The summed E-state index contributed by atoms with van der Waals surface area (Å²) in [5, 5.41) is 10.8. The van der Waals surface area contributed by atoms with Gasteiger partial charge in [-0.2, -0.15) is 0 Å². The standard InChI is InChI=1S/C12H10N2O3S.Na/c15-6-10-12(18-7-11(16)17)13-8-14(10)9-4-2-1-3-5-9;/h1-6,8H,7H2,(H,16,17);/q;+1/p-1. The molecule has 0 aliphatic heterocycles. The van der Waals surface area contributed by atoms with Crippen molar-refractivity contribution in [3.05, 3.63) is 42.4 Å². The number of para-hydroxylation sites is 1. The summed E-state index contributed by atoms with van der Waals surface area (Å²) >= 11 is 0.970. The molecule has 0 amide bonds. The van der Waals surface area contributed by atoms with Gasteiger partial charge in [0.05, 0.1) is 5.97 Å². The molecular formula is C12H9N2NaO3S. The normalized spacial score (nSPS) is 9.68. The quantitative estimate of drug-likeness (QED) is 0.345. The Labute approximate surface area is 136 Å². The van der Waals surface area contributed by atoms with Gasteiger partial charge in [-0.1, -0.05) is 30.0 Å². The first kappa shape index (κ1) is 16.0. The maximum absolute atomic E-state index is 11.1. The van der Waals surface area contributed by atoms with E-state index in [0.717, 1.165) is 17.4 Å². The van der Waals surface area contributed by atoms with Crippen molar-refractivity contribution in [1.29, 1.82) is 0 Å². The molecular weight excluding hydrogens is 275 g/mol. The minimum Gasteiger partial charge on any atom is -0.549 e. The van der Waals surface area contributed by atoms with Gasteiger partial charge in [-0.15, -0.1) is 0 Å². The Bertz CT molecular complexity index is 572. The first-order valence-corrected chi connectivity index (χ1v) is 6.11. The Morgan fingerprint density at radius 3 is 2.63 bits per heavy atom. The van der Waals surface area contributed by atoms with E-state index in [2.05, 4.69) is 4.98 Å². The van der Waals surface area contributed by atoms with Crippen LogP contribution in [0.5, 0.6) is 0 Å². The molecule has 0 saturated carbocycles. The van der Waals surface area contributed by atoms with Gasteiger partial charge in [-0.3, -0.25) is 9.36 Å². The molecule has 1 aromatic carbocycles. The van der Waals surface area contributed by atoms with Crippen molar-refractivity contribution in [2.75, 3.05) is 5.75 Å². The van der Waals surface area contributed by atoms with E-state index in [-0.39, 0.29) is 35.3 Å². The maximum Gasteiger partial charge on any atom is 1.00 e. The van der Waals surface area contributed by atoms with E-state index in [9.17, 15) is 14.7 Å². The average Bonchev–Trinajstić information content (AvgIpc) is 2.80. The van der Waals surface area contributed by atoms with Crippen LogP contribution < -0.4 is 34.7 Å². The van der Waals surface area contributed by atoms with Crippen LogP contribution in [0.4, 0.5) is 0 Å². The Morgan fingerprint density at radius 2 is 2.05 bits per heavy atom. The Balaban J connectivity index is 0.00000180. The fourth-order valence-corrected chi connectivity index (χ4v) is 2.15. The number of imidazole rings is 1. The number of rotatable bonds is 5. The molecule has 0 fully saturated rings. The third-order valence-corrected chi connectivity index (χ3v) is 3.21. The molecule has 0 N–H and O–H groups in total. The van der Waals surface area contributed by atoms with Gasteiger partial charge in [0.25, 0.3) is 0 Å². The van der Waals surface area contributed by atoms with Gasteiger partial charge in [0.15, 0.2) is 6.29 Å². The van der Waals surface area contributed by atoms with Crippen LogP contribution in [0.15, 0.2) is 41.7 Å². The zero-order chi connectivity index (χ0) is 13.0. The molecule has 0 saturated heterocycles. The number of carboxylic acid groups (broad SMARTS) is 1. The molecule has 2 aromatic rings. The van der Waals surface area contributed by atoms with E-state index >= 15 is 0 Å². The molecule has 0 spiro atoms. The number of aliphatic carboxylic acids is 1. The van der Waals surface area contributed by atoms with Crippen molar-refractivity contribution in [2.24, 2.45) is 0 Å². The van der Waals surface area contributed by atoms with Gasteiger partial charge < -0.3 is 9.90 Å². The average molecular weight is 284 g/mol. The van der Waals surface area contributed by atoms with Gasteiger partial charge in [0.2, 0.25) is 0 Å². The number of aromatic nitrogens is 2. The third-order valence-electron chi connectivity index (χ3n) is 2.24. The second-order valence-corrected chi connectivity index (χ2v) is 4.38. The van der Waals surface area contributed by atoms with Crippen LogP contribution in [0.25, 0.3) is 5.69 Å². The molecule has 2 rings (SSSR count). The van der Waals surface area contributed by atoms with E-state index in [4.69, 9.17) is 0 Å². The number of thioether (sulfide) groups is 1. The molecule has 1 heterocycles. The number of carbonyl (C=O) groups excluding carboxylic acids is 2. The summed E-state index contributed by atoms with van der Waals surface area (Å²) in [6.45, 7) is 0. The van der Waals surface area contributed by atoms with Crippen LogP contribution >= 0.6 is 11.8 Å². The van der Waals surface area contributed by atoms with Gasteiger partial charge in [-0.05, 0) is 12.1 Å². The van der Waals surface area contributed by atoms with E-state index < -0.39 is 5.97 Å². The number of hydrogen-bond acceptors (Lipinski definition) is 5. The summed E-state index contributed by atoms with van der Waals surface area (Å²) in [7, 11) is 0. The Morgan fingerprint density at radius 1 is 1.37 bits per heavy atom. The molecule has 0 aliphatic rings. The van der Waals surface area contributed by atoms with Crippen LogP contribution in [0, 0.1) is 0 Å². The minimum absolute atomic E-state index is 0. The van der Waals surface area contributed by atoms with Gasteiger partial charge in [0.1, 0.15) is 17.0 Å². The zero-order valence-electron chi connectivity index (χ0n) is 10.3. The third kappa shape index (κ3) is 3.94. The number of hydrogen-bond donors (Lipinski definition) is 0. The van der Waals surface area contributed by atoms with E-state index in [1.54, 1.807) is 4.57 Å². The SMILES string of the molecule is O=Cc1c(SCC(=O)[O-])ncn1-c1ccccc1.[Na+]. The van der Waals surface area contributed by atoms with Crippen LogP contribution in [-0.4, -0.2) is 27.6 Å². The molecule has 0 aliphatic carbocycles. The monoisotopic (exact) mass is 284 g/mol. The summed E-state index contributed by atoms with van der Waals surface area (Å²) in [6, 6.07) is 9.23. The first-order valence-electron chi connectivity index (χ1n) is 5.13. The number of carboxylic acids is 1. The number of benzene rings is 1. The molecule has 92 valence electrons. The molecule has 7 heteroatoms. The van der Waals surface area contributed by atoms with Crippen molar-refractivity contribution >= 4 is 24.0 Å². The largest absolute Gasteiger partial charge is 1.00 e. The summed E-state index contributed by atoms with van der Waals surface area (Å²) < 4.78 is 1.62. The second kappa shape index (κ2) is 7.49. The molecule has 0 bridgehead atoms. The van der Waals surface area contributed by atoms with E-state index in [0.29, 0.717) is 17.0 Å². The van der Waals surface area contributed by atoms with Crippen molar-refractivity contribution in [3.8, 4) is 5.69 Å². The van der Waals surface area contributed by atoms with Crippen molar-refractivity contribution in [3.63, 3.8) is 0 Å². The predicted molar refractivity (Wildman–Crippen MR) is 64.7 cm³/mol. The van der Waals surface area contributed by atoms with Gasteiger partial charge in [-0.25, -0.2) is 4.98 Å². The fraction of sp³-hybridized carbons (Fsp3) is 0.0833. The summed E-state index contributed by atoms with van der Waals surface area (Å²) in [5.41, 5.74) is 1.14.